The number of anilines is 1. The Labute approximate surface area is 109 Å². The van der Waals surface area contributed by atoms with E-state index in [4.69, 9.17) is 5.11 Å². The van der Waals surface area contributed by atoms with Crippen LogP contribution >= 0.6 is 0 Å². The molecule has 0 aromatic carbocycles. The van der Waals surface area contributed by atoms with Crippen LogP contribution in [0, 0.1) is 5.92 Å². The fraction of sp³-hybridized carbons (Fsp3) is 0.308. The van der Waals surface area contributed by atoms with Gasteiger partial charge in [-0.25, -0.2) is 4.98 Å². The van der Waals surface area contributed by atoms with Crippen molar-refractivity contribution < 1.29 is 9.90 Å². The van der Waals surface area contributed by atoms with E-state index in [0.717, 1.165) is 0 Å². The molecule has 2 heterocycles. The van der Waals surface area contributed by atoms with Gasteiger partial charge in [0.2, 0.25) is 0 Å². The number of carboxylic acids is 1. The lowest BCUT2D eigenvalue weighted by atomic mass is 10.2. The van der Waals surface area contributed by atoms with Crippen molar-refractivity contribution in [2.45, 2.75) is 6.92 Å². The van der Waals surface area contributed by atoms with Crippen molar-refractivity contribution >= 4 is 17.4 Å². The first-order valence-corrected chi connectivity index (χ1v) is 5.91. The first kappa shape index (κ1) is 13.1. The van der Waals surface area contributed by atoms with Gasteiger partial charge in [-0.3, -0.25) is 14.0 Å². The minimum atomic E-state index is -0.871. The van der Waals surface area contributed by atoms with E-state index in [9.17, 15) is 9.59 Å². The van der Waals surface area contributed by atoms with Crippen molar-refractivity contribution in [1.82, 2.24) is 9.38 Å². The first-order valence-electron chi connectivity index (χ1n) is 5.91. The largest absolute Gasteiger partial charge is 0.481 e. The summed E-state index contributed by atoms with van der Waals surface area (Å²) < 4.78 is 1.44. The zero-order valence-electron chi connectivity index (χ0n) is 10.8. The summed E-state index contributed by atoms with van der Waals surface area (Å²) in [4.78, 5) is 28.8. The van der Waals surface area contributed by atoms with Crippen LogP contribution in [-0.2, 0) is 4.79 Å². The van der Waals surface area contributed by atoms with E-state index in [0.29, 0.717) is 18.0 Å². The van der Waals surface area contributed by atoms with E-state index in [1.165, 1.54) is 10.5 Å². The molecule has 0 fully saturated rings. The summed E-state index contributed by atoms with van der Waals surface area (Å²) in [5.41, 5.74) is 0.357. The minimum Gasteiger partial charge on any atom is -0.481 e. The van der Waals surface area contributed by atoms with Crippen LogP contribution in [0.3, 0.4) is 0 Å². The summed E-state index contributed by atoms with van der Waals surface area (Å²) >= 11 is 0. The van der Waals surface area contributed by atoms with Gasteiger partial charge in [0.15, 0.2) is 0 Å². The Bertz CT molecular complexity index is 665. The summed E-state index contributed by atoms with van der Waals surface area (Å²) in [6.07, 6.45) is 1.65. The second kappa shape index (κ2) is 5.09. The van der Waals surface area contributed by atoms with Gasteiger partial charge in [-0.2, -0.15) is 0 Å². The number of carboxylic acid groups (broad SMARTS) is 1. The van der Waals surface area contributed by atoms with E-state index in [1.54, 1.807) is 43.3 Å². The highest BCUT2D eigenvalue weighted by Gasteiger charge is 2.15. The van der Waals surface area contributed by atoms with Crippen molar-refractivity contribution in [3.8, 4) is 0 Å². The Balaban J connectivity index is 2.35. The molecule has 0 saturated carbocycles. The molecule has 1 unspecified atom stereocenters. The van der Waals surface area contributed by atoms with Crippen LogP contribution in [0.25, 0.3) is 5.65 Å². The molecule has 19 heavy (non-hydrogen) atoms. The molecule has 6 heteroatoms. The van der Waals surface area contributed by atoms with Crippen LogP contribution in [0.2, 0.25) is 0 Å². The zero-order valence-corrected chi connectivity index (χ0v) is 10.8. The van der Waals surface area contributed by atoms with E-state index in [2.05, 4.69) is 4.98 Å². The van der Waals surface area contributed by atoms with Gasteiger partial charge in [0, 0.05) is 25.9 Å². The molecule has 0 aliphatic heterocycles. The van der Waals surface area contributed by atoms with Crippen molar-refractivity contribution in [1.29, 1.82) is 0 Å². The van der Waals surface area contributed by atoms with Crippen LogP contribution < -0.4 is 10.5 Å². The number of aromatic nitrogens is 2. The number of carbonyl (C=O) groups is 1. The molecule has 2 rings (SSSR count). The lowest BCUT2D eigenvalue weighted by Crippen LogP contribution is -2.30. The third-order valence-corrected chi connectivity index (χ3v) is 2.92. The minimum absolute atomic E-state index is 0.185. The third-order valence-electron chi connectivity index (χ3n) is 2.92. The van der Waals surface area contributed by atoms with E-state index in [-0.39, 0.29) is 5.56 Å². The predicted octanol–water partition coefficient (Wildman–Crippen LogP) is 0.851. The maximum absolute atomic E-state index is 11.9. The van der Waals surface area contributed by atoms with Crippen LogP contribution in [0.1, 0.15) is 6.92 Å². The molecule has 2 aromatic heterocycles. The summed E-state index contributed by atoms with van der Waals surface area (Å²) in [6, 6.07) is 6.69. The number of pyridine rings is 1. The number of hydrogen-bond acceptors (Lipinski definition) is 4. The van der Waals surface area contributed by atoms with Crippen molar-refractivity contribution in [2.24, 2.45) is 5.92 Å². The number of fused-ring (bicyclic) bond motifs is 1. The molecule has 0 saturated heterocycles. The molecule has 0 aliphatic carbocycles. The third kappa shape index (κ3) is 2.73. The molecule has 1 N–H and O–H groups in total. The smallest absolute Gasteiger partial charge is 0.308 e. The lowest BCUT2D eigenvalue weighted by Gasteiger charge is -2.20. The maximum Gasteiger partial charge on any atom is 0.308 e. The summed E-state index contributed by atoms with van der Waals surface area (Å²) in [6.45, 7) is 1.91. The van der Waals surface area contributed by atoms with E-state index < -0.39 is 11.9 Å². The molecular weight excluding hydrogens is 246 g/mol. The summed E-state index contributed by atoms with van der Waals surface area (Å²) in [5.74, 6) is -0.922. The van der Waals surface area contributed by atoms with Crippen LogP contribution in [0.5, 0.6) is 0 Å². The van der Waals surface area contributed by atoms with Crippen molar-refractivity contribution in [3.05, 3.63) is 40.8 Å². The molecule has 100 valence electrons. The van der Waals surface area contributed by atoms with Gasteiger partial charge in [0.05, 0.1) is 5.92 Å². The maximum atomic E-state index is 11.9. The molecule has 0 bridgehead atoms. The number of rotatable bonds is 4. The highest BCUT2D eigenvalue weighted by molar-refractivity contribution is 5.70. The van der Waals surface area contributed by atoms with Gasteiger partial charge in [0.25, 0.3) is 5.56 Å². The Morgan fingerprint density at radius 1 is 1.53 bits per heavy atom. The van der Waals surface area contributed by atoms with Crippen LogP contribution in [-0.4, -0.2) is 34.1 Å². The highest BCUT2D eigenvalue weighted by Crippen LogP contribution is 2.10. The molecule has 0 spiro atoms. The second-order valence-corrected chi connectivity index (χ2v) is 4.50. The average Bonchev–Trinajstić information content (AvgIpc) is 2.38. The average molecular weight is 261 g/mol. The molecular formula is C13H15N3O3. The zero-order chi connectivity index (χ0) is 14.0. The first-order chi connectivity index (χ1) is 8.99. The summed E-state index contributed by atoms with van der Waals surface area (Å²) in [7, 11) is 1.72. The molecule has 2 aromatic rings. The van der Waals surface area contributed by atoms with Gasteiger partial charge in [-0.05, 0) is 12.1 Å². The fourth-order valence-corrected chi connectivity index (χ4v) is 1.82. The Kier molecular flexibility index (Phi) is 3.50. The highest BCUT2D eigenvalue weighted by atomic mass is 16.4. The molecule has 0 amide bonds. The molecule has 1 atom stereocenters. The second-order valence-electron chi connectivity index (χ2n) is 4.50. The van der Waals surface area contributed by atoms with Gasteiger partial charge in [-0.1, -0.05) is 13.0 Å². The van der Waals surface area contributed by atoms with Crippen molar-refractivity contribution in [2.75, 3.05) is 18.5 Å². The quantitative estimate of drug-likeness (QED) is 0.883. The van der Waals surface area contributed by atoms with Gasteiger partial charge in [-0.15, -0.1) is 0 Å². The monoisotopic (exact) mass is 261 g/mol. The van der Waals surface area contributed by atoms with Crippen LogP contribution in [0.4, 0.5) is 5.82 Å². The molecule has 0 radical (unpaired) electrons. The molecule has 6 nitrogen and oxygen atoms in total. The van der Waals surface area contributed by atoms with E-state index >= 15 is 0 Å². The van der Waals surface area contributed by atoms with Gasteiger partial charge < -0.3 is 10.0 Å². The predicted molar refractivity (Wildman–Crippen MR) is 71.5 cm³/mol. The normalized spacial score (nSPS) is 12.3. The number of aliphatic carboxylic acids is 1. The van der Waals surface area contributed by atoms with Gasteiger partial charge in [0.1, 0.15) is 11.5 Å². The SMILES string of the molecule is CC(CN(C)c1cc(=O)n2ccccc2n1)C(=O)O. The Morgan fingerprint density at radius 3 is 2.95 bits per heavy atom. The van der Waals surface area contributed by atoms with E-state index in [1.807, 2.05) is 0 Å². The number of nitrogens with zero attached hydrogens (tertiary/aromatic N) is 3. The van der Waals surface area contributed by atoms with Crippen molar-refractivity contribution in [3.63, 3.8) is 0 Å². The number of hydrogen-bond donors (Lipinski definition) is 1. The van der Waals surface area contributed by atoms with Crippen LogP contribution in [0.15, 0.2) is 35.3 Å². The topological polar surface area (TPSA) is 74.9 Å². The lowest BCUT2D eigenvalue weighted by molar-refractivity contribution is -0.140. The fourth-order valence-electron chi connectivity index (χ4n) is 1.82. The molecule has 0 aliphatic rings. The van der Waals surface area contributed by atoms with Gasteiger partial charge >= 0.3 is 5.97 Å². The standard InChI is InChI=1S/C13H15N3O3/c1-9(13(18)19)8-15(2)11-7-12(17)16-6-4-3-5-10(16)14-11/h3-7,9H,8H2,1-2H3,(H,18,19). The Morgan fingerprint density at radius 2 is 2.26 bits per heavy atom. The summed E-state index contributed by atoms with van der Waals surface area (Å²) in [5, 5.41) is 8.89. The Hall–Kier alpha value is -2.37.